The zero-order valence-electron chi connectivity index (χ0n) is 10.7. The highest BCUT2D eigenvalue weighted by atomic mass is 16.4. The Bertz CT molecular complexity index is 621. The number of carboxylic acid groups (broad SMARTS) is 1. The van der Waals surface area contributed by atoms with E-state index in [2.05, 4.69) is 9.88 Å². The summed E-state index contributed by atoms with van der Waals surface area (Å²) in [7, 11) is 1.94. The first-order chi connectivity index (χ1) is 9.16. The van der Waals surface area contributed by atoms with Crippen LogP contribution in [0.15, 0.2) is 36.8 Å². The molecule has 98 valence electrons. The van der Waals surface area contributed by atoms with Gasteiger partial charge in [0.05, 0.1) is 18.6 Å². The van der Waals surface area contributed by atoms with Gasteiger partial charge in [-0.15, -0.1) is 0 Å². The topological polar surface area (TPSA) is 58.4 Å². The summed E-state index contributed by atoms with van der Waals surface area (Å²) in [5, 5.41) is 9.31. The molecule has 0 aliphatic carbocycles. The molecule has 0 amide bonds. The average molecular weight is 257 g/mol. The van der Waals surface area contributed by atoms with E-state index in [1.54, 1.807) is 6.33 Å². The van der Waals surface area contributed by atoms with Gasteiger partial charge in [-0.1, -0.05) is 18.2 Å². The highest BCUT2D eigenvalue weighted by molar-refractivity contribution is 5.82. The molecule has 19 heavy (non-hydrogen) atoms. The van der Waals surface area contributed by atoms with Gasteiger partial charge in [0, 0.05) is 25.5 Å². The number of aryl methyl sites for hydroxylation is 1. The van der Waals surface area contributed by atoms with Crippen molar-refractivity contribution < 1.29 is 9.90 Å². The largest absolute Gasteiger partial charge is 0.481 e. The van der Waals surface area contributed by atoms with Crippen LogP contribution in [0.5, 0.6) is 0 Å². The molecule has 1 aliphatic heterocycles. The van der Waals surface area contributed by atoms with Crippen LogP contribution in [-0.2, 0) is 18.4 Å². The zero-order chi connectivity index (χ0) is 13.4. The molecule has 1 atom stereocenters. The van der Waals surface area contributed by atoms with Crippen LogP contribution in [0.3, 0.4) is 0 Å². The fourth-order valence-electron chi connectivity index (χ4n) is 2.58. The molecule has 1 unspecified atom stereocenters. The molecule has 2 aromatic rings. The second-order valence-corrected chi connectivity index (χ2v) is 4.83. The highest BCUT2D eigenvalue weighted by Gasteiger charge is 2.33. The average Bonchev–Trinajstić information content (AvgIpc) is 2.96. The van der Waals surface area contributed by atoms with E-state index >= 15 is 0 Å². The number of anilines is 1. The van der Waals surface area contributed by atoms with Gasteiger partial charge in [-0.05, 0) is 11.6 Å². The number of para-hydroxylation sites is 1. The van der Waals surface area contributed by atoms with Crippen molar-refractivity contribution in [2.45, 2.75) is 12.5 Å². The van der Waals surface area contributed by atoms with Crippen molar-refractivity contribution in [3.8, 4) is 0 Å². The van der Waals surface area contributed by atoms with Gasteiger partial charge < -0.3 is 14.6 Å². The first-order valence-corrected chi connectivity index (χ1v) is 6.18. The van der Waals surface area contributed by atoms with E-state index in [9.17, 15) is 9.90 Å². The van der Waals surface area contributed by atoms with Crippen LogP contribution in [0.2, 0.25) is 0 Å². The molecule has 0 radical (unpaired) electrons. The Labute approximate surface area is 111 Å². The predicted octanol–water partition coefficient (Wildman–Crippen LogP) is 1.61. The van der Waals surface area contributed by atoms with E-state index in [0.29, 0.717) is 13.1 Å². The summed E-state index contributed by atoms with van der Waals surface area (Å²) >= 11 is 0. The molecule has 5 heteroatoms. The molecular formula is C14H15N3O2. The molecule has 3 rings (SSSR count). The van der Waals surface area contributed by atoms with E-state index < -0.39 is 11.9 Å². The number of aliphatic carboxylic acids is 1. The maximum absolute atomic E-state index is 11.3. The Hall–Kier alpha value is -2.30. The summed E-state index contributed by atoms with van der Waals surface area (Å²) in [6.07, 6.45) is 3.57. The third-order valence-electron chi connectivity index (χ3n) is 3.62. The number of imidazole rings is 1. The second-order valence-electron chi connectivity index (χ2n) is 4.83. The van der Waals surface area contributed by atoms with Crippen LogP contribution in [0.4, 0.5) is 5.69 Å². The maximum atomic E-state index is 11.3. The fraction of sp³-hybridized carbons (Fsp3) is 0.286. The molecule has 0 saturated carbocycles. The van der Waals surface area contributed by atoms with Crippen molar-refractivity contribution in [2.75, 3.05) is 11.4 Å². The van der Waals surface area contributed by atoms with Crippen LogP contribution >= 0.6 is 0 Å². The Balaban J connectivity index is 1.93. The van der Waals surface area contributed by atoms with Crippen LogP contribution in [-0.4, -0.2) is 27.2 Å². The van der Waals surface area contributed by atoms with Crippen LogP contribution < -0.4 is 4.90 Å². The quantitative estimate of drug-likeness (QED) is 0.907. The number of hydrogen-bond donors (Lipinski definition) is 1. The van der Waals surface area contributed by atoms with Crippen molar-refractivity contribution in [3.05, 3.63) is 48.0 Å². The van der Waals surface area contributed by atoms with Crippen molar-refractivity contribution in [2.24, 2.45) is 7.05 Å². The molecule has 0 bridgehead atoms. The van der Waals surface area contributed by atoms with E-state index in [0.717, 1.165) is 16.9 Å². The number of benzene rings is 1. The Morgan fingerprint density at radius 2 is 2.26 bits per heavy atom. The molecule has 2 heterocycles. The lowest BCUT2D eigenvalue weighted by Gasteiger charge is -2.19. The predicted molar refractivity (Wildman–Crippen MR) is 71.1 cm³/mol. The van der Waals surface area contributed by atoms with Crippen molar-refractivity contribution >= 4 is 11.7 Å². The van der Waals surface area contributed by atoms with Gasteiger partial charge in [0.25, 0.3) is 0 Å². The monoisotopic (exact) mass is 257 g/mol. The minimum Gasteiger partial charge on any atom is -0.481 e. The molecule has 1 aliphatic rings. The van der Waals surface area contributed by atoms with Gasteiger partial charge in [-0.2, -0.15) is 0 Å². The molecule has 1 aromatic carbocycles. The number of carboxylic acids is 1. The van der Waals surface area contributed by atoms with Crippen molar-refractivity contribution in [3.63, 3.8) is 0 Å². The number of rotatable bonds is 3. The highest BCUT2D eigenvalue weighted by Crippen LogP contribution is 2.36. The Kier molecular flexibility index (Phi) is 2.74. The maximum Gasteiger partial charge on any atom is 0.312 e. The normalized spacial score (nSPS) is 17.5. The van der Waals surface area contributed by atoms with Gasteiger partial charge in [0.15, 0.2) is 0 Å². The number of nitrogens with zero attached hydrogens (tertiary/aromatic N) is 3. The van der Waals surface area contributed by atoms with E-state index in [4.69, 9.17) is 0 Å². The summed E-state index contributed by atoms with van der Waals surface area (Å²) in [6, 6.07) is 7.72. The molecule has 0 saturated heterocycles. The molecule has 1 aromatic heterocycles. The van der Waals surface area contributed by atoms with Gasteiger partial charge in [0.2, 0.25) is 0 Å². The number of aromatic nitrogens is 2. The van der Waals surface area contributed by atoms with Gasteiger partial charge in [-0.3, -0.25) is 4.79 Å². The van der Waals surface area contributed by atoms with Crippen LogP contribution in [0, 0.1) is 0 Å². The first kappa shape index (κ1) is 11.8. The second kappa shape index (κ2) is 4.42. The Morgan fingerprint density at radius 1 is 1.47 bits per heavy atom. The summed E-state index contributed by atoms with van der Waals surface area (Å²) in [4.78, 5) is 17.5. The minimum absolute atomic E-state index is 0.440. The smallest absolute Gasteiger partial charge is 0.312 e. The van der Waals surface area contributed by atoms with Gasteiger partial charge in [0.1, 0.15) is 5.92 Å². The lowest BCUT2D eigenvalue weighted by molar-refractivity contribution is -0.138. The van der Waals surface area contributed by atoms with Crippen molar-refractivity contribution in [1.29, 1.82) is 0 Å². The van der Waals surface area contributed by atoms with E-state index in [1.165, 1.54) is 0 Å². The first-order valence-electron chi connectivity index (χ1n) is 6.18. The van der Waals surface area contributed by atoms with Crippen LogP contribution in [0.1, 0.15) is 17.2 Å². The Morgan fingerprint density at radius 3 is 2.95 bits per heavy atom. The molecule has 0 fully saturated rings. The zero-order valence-corrected chi connectivity index (χ0v) is 10.7. The van der Waals surface area contributed by atoms with Crippen LogP contribution in [0.25, 0.3) is 0 Å². The third-order valence-corrected chi connectivity index (χ3v) is 3.62. The molecule has 5 nitrogen and oxygen atoms in total. The summed E-state index contributed by atoms with van der Waals surface area (Å²) in [5.41, 5.74) is 2.98. The van der Waals surface area contributed by atoms with Gasteiger partial charge >= 0.3 is 5.97 Å². The van der Waals surface area contributed by atoms with E-state index in [1.807, 2.05) is 42.1 Å². The standard InChI is InChI=1S/C14H15N3O2/c1-16-9-15-6-10(16)7-17-8-12(14(18)19)11-4-2-3-5-13(11)17/h2-6,9,12H,7-8H2,1H3,(H,18,19). The summed E-state index contributed by atoms with van der Waals surface area (Å²) < 4.78 is 1.96. The number of hydrogen-bond acceptors (Lipinski definition) is 3. The lowest BCUT2D eigenvalue weighted by Crippen LogP contribution is -2.25. The molecule has 1 N–H and O–H groups in total. The van der Waals surface area contributed by atoms with E-state index in [-0.39, 0.29) is 0 Å². The summed E-state index contributed by atoms with van der Waals surface area (Å²) in [5.74, 6) is -1.20. The van der Waals surface area contributed by atoms with Gasteiger partial charge in [-0.25, -0.2) is 4.98 Å². The summed E-state index contributed by atoms with van der Waals surface area (Å²) in [6.45, 7) is 1.19. The molecule has 0 spiro atoms. The minimum atomic E-state index is -0.764. The number of carbonyl (C=O) groups is 1. The molecular weight excluding hydrogens is 242 g/mol. The SMILES string of the molecule is Cn1cncc1CN1CC(C(=O)O)c2ccccc21. The van der Waals surface area contributed by atoms with Crippen molar-refractivity contribution in [1.82, 2.24) is 9.55 Å². The fourth-order valence-corrected chi connectivity index (χ4v) is 2.58. The lowest BCUT2D eigenvalue weighted by atomic mass is 10.0. The third kappa shape index (κ3) is 1.97. The number of fused-ring (bicyclic) bond motifs is 1.